The summed E-state index contributed by atoms with van der Waals surface area (Å²) in [7, 11) is 0. The second kappa shape index (κ2) is 11.6. The number of amides is 1. The number of morpholine rings is 1. The fourth-order valence-electron chi connectivity index (χ4n) is 3.70. The molecule has 32 heavy (non-hydrogen) atoms. The Bertz CT molecular complexity index is 865. The minimum absolute atomic E-state index is 0.0825. The quantitative estimate of drug-likeness (QED) is 0.434. The zero-order chi connectivity index (χ0) is 22.8. The number of aliphatic imine (C=N–C) groups is 1. The van der Waals surface area contributed by atoms with Crippen molar-refractivity contribution in [1.29, 1.82) is 0 Å². The van der Waals surface area contributed by atoms with Gasteiger partial charge in [-0.2, -0.15) is 0 Å². The van der Waals surface area contributed by atoms with Gasteiger partial charge in [0, 0.05) is 26.2 Å². The molecule has 1 amide bonds. The number of nitrogens with zero attached hydrogens (tertiary/aromatic N) is 2. The van der Waals surface area contributed by atoms with Crippen LogP contribution in [0.15, 0.2) is 65.7 Å². The topological polar surface area (TPSA) is 86.2 Å². The Morgan fingerprint density at radius 1 is 1.09 bits per heavy atom. The molecule has 3 N–H and O–H groups in total. The molecule has 3 rings (SSSR count). The van der Waals surface area contributed by atoms with Gasteiger partial charge in [0.05, 0.1) is 25.7 Å². The van der Waals surface area contributed by atoms with Gasteiger partial charge in [-0.1, -0.05) is 60.7 Å². The van der Waals surface area contributed by atoms with Gasteiger partial charge in [0.25, 0.3) is 0 Å². The maximum Gasteiger partial charge on any atom is 0.232 e. The number of hydrogen-bond donors (Lipinski definition) is 3. The first-order chi connectivity index (χ1) is 15.5. The second-order valence-electron chi connectivity index (χ2n) is 8.12. The van der Waals surface area contributed by atoms with Crippen molar-refractivity contribution in [3.05, 3.63) is 71.8 Å². The molecule has 7 nitrogen and oxygen atoms in total. The predicted octanol–water partition coefficient (Wildman–Crippen LogP) is 2.09. The van der Waals surface area contributed by atoms with E-state index in [2.05, 4.69) is 15.6 Å². The number of hydrogen-bond acceptors (Lipinski definition) is 4. The van der Waals surface area contributed by atoms with Crippen molar-refractivity contribution in [3.8, 4) is 0 Å². The first kappa shape index (κ1) is 23.8. The van der Waals surface area contributed by atoms with Gasteiger partial charge < -0.3 is 25.4 Å². The van der Waals surface area contributed by atoms with Gasteiger partial charge in [-0.05, 0) is 25.0 Å². The van der Waals surface area contributed by atoms with E-state index in [1.165, 1.54) is 0 Å². The Morgan fingerprint density at radius 2 is 1.72 bits per heavy atom. The molecule has 0 aromatic heterocycles. The summed E-state index contributed by atoms with van der Waals surface area (Å²) in [5.41, 5.74) is 0.680. The van der Waals surface area contributed by atoms with Crippen molar-refractivity contribution in [3.63, 3.8) is 0 Å². The second-order valence-corrected chi connectivity index (χ2v) is 8.12. The molecular weight excluding hydrogens is 404 g/mol. The molecular formula is C25H34N4O3. The molecule has 2 aromatic rings. The fraction of sp³-hybridized carbons (Fsp3) is 0.440. The Kier molecular flexibility index (Phi) is 8.64. The number of benzene rings is 2. The lowest BCUT2D eigenvalue weighted by molar-refractivity contribution is -0.136. The average molecular weight is 439 g/mol. The average Bonchev–Trinajstić information content (AvgIpc) is 2.84. The number of ether oxygens (including phenoxy) is 1. The molecule has 0 aliphatic carbocycles. The molecule has 0 radical (unpaired) electrons. The molecule has 2 atom stereocenters. The number of guanidine groups is 1. The molecule has 172 valence electrons. The lowest BCUT2D eigenvalue weighted by Crippen LogP contribution is -2.47. The van der Waals surface area contributed by atoms with Crippen LogP contribution in [0.2, 0.25) is 0 Å². The van der Waals surface area contributed by atoms with E-state index < -0.39 is 5.60 Å². The Morgan fingerprint density at radius 3 is 2.34 bits per heavy atom. The third-order valence-electron chi connectivity index (χ3n) is 5.58. The largest absolute Gasteiger partial charge is 0.384 e. The van der Waals surface area contributed by atoms with Crippen LogP contribution in [0.4, 0.5) is 0 Å². The van der Waals surface area contributed by atoms with E-state index in [-0.39, 0.29) is 18.4 Å². The third-order valence-corrected chi connectivity index (χ3v) is 5.58. The highest BCUT2D eigenvalue weighted by atomic mass is 16.5. The standard InChI is InChI=1S/C25H34N4O3/c1-3-26-24(28-19-25(2,31)21-12-8-5-9-13-21)27-18-22(20-10-6-4-7-11-20)23(30)29-14-16-32-17-15-29/h4-13,22,31H,3,14-19H2,1-2H3,(H2,26,27,28). The van der Waals surface area contributed by atoms with Gasteiger partial charge in [0.15, 0.2) is 5.96 Å². The van der Waals surface area contributed by atoms with Crippen LogP contribution in [0.5, 0.6) is 0 Å². The summed E-state index contributed by atoms with van der Waals surface area (Å²) in [5, 5.41) is 17.4. The molecule has 1 aliphatic rings. The van der Waals surface area contributed by atoms with Crippen molar-refractivity contribution in [2.45, 2.75) is 25.4 Å². The molecule has 1 saturated heterocycles. The monoisotopic (exact) mass is 438 g/mol. The molecule has 1 fully saturated rings. The summed E-state index contributed by atoms with van der Waals surface area (Å²) < 4.78 is 5.40. The molecule has 2 aromatic carbocycles. The van der Waals surface area contributed by atoms with Gasteiger partial charge >= 0.3 is 0 Å². The maximum atomic E-state index is 13.3. The fourth-order valence-corrected chi connectivity index (χ4v) is 3.70. The van der Waals surface area contributed by atoms with E-state index in [0.29, 0.717) is 45.4 Å². The minimum atomic E-state index is -1.09. The highest BCUT2D eigenvalue weighted by Gasteiger charge is 2.28. The van der Waals surface area contributed by atoms with Crippen molar-refractivity contribution in [2.24, 2.45) is 4.99 Å². The molecule has 0 saturated carbocycles. The normalized spacial score (nSPS) is 17.3. The van der Waals surface area contributed by atoms with Crippen LogP contribution in [-0.4, -0.2) is 67.8 Å². The van der Waals surface area contributed by atoms with Gasteiger partial charge in [-0.25, -0.2) is 4.99 Å². The summed E-state index contributed by atoms with van der Waals surface area (Å²) in [6.07, 6.45) is 0. The van der Waals surface area contributed by atoms with E-state index >= 15 is 0 Å². The summed E-state index contributed by atoms with van der Waals surface area (Å²) in [6, 6.07) is 19.3. The number of aliphatic hydroxyl groups is 1. The van der Waals surface area contributed by atoms with Crippen LogP contribution in [0.25, 0.3) is 0 Å². The zero-order valence-corrected chi connectivity index (χ0v) is 19.0. The van der Waals surface area contributed by atoms with E-state index in [1.54, 1.807) is 6.92 Å². The Hall–Kier alpha value is -2.90. The van der Waals surface area contributed by atoms with E-state index in [0.717, 1.165) is 11.1 Å². The van der Waals surface area contributed by atoms with Crippen molar-refractivity contribution < 1.29 is 14.6 Å². The van der Waals surface area contributed by atoms with Crippen LogP contribution >= 0.6 is 0 Å². The van der Waals surface area contributed by atoms with Crippen LogP contribution in [0.1, 0.15) is 30.9 Å². The number of rotatable bonds is 8. The SMILES string of the molecule is CCNC(=NCC(C)(O)c1ccccc1)NCC(C(=O)N1CCOCC1)c1ccccc1. The third kappa shape index (κ3) is 6.55. The van der Waals surface area contributed by atoms with Gasteiger partial charge in [-0.3, -0.25) is 4.79 Å². The summed E-state index contributed by atoms with van der Waals surface area (Å²) in [6.45, 7) is 7.36. The molecule has 1 aliphatic heterocycles. The maximum absolute atomic E-state index is 13.3. The van der Waals surface area contributed by atoms with E-state index in [9.17, 15) is 9.90 Å². The highest BCUT2D eigenvalue weighted by molar-refractivity contribution is 5.86. The number of carbonyl (C=O) groups excluding carboxylic acids is 1. The number of carbonyl (C=O) groups is 1. The van der Waals surface area contributed by atoms with Gasteiger partial charge in [0.2, 0.25) is 5.91 Å². The summed E-state index contributed by atoms with van der Waals surface area (Å²) in [4.78, 5) is 19.8. The number of nitrogens with one attached hydrogen (secondary N) is 2. The van der Waals surface area contributed by atoms with E-state index in [1.807, 2.05) is 72.5 Å². The summed E-state index contributed by atoms with van der Waals surface area (Å²) in [5.74, 6) is 0.311. The molecule has 1 heterocycles. The Balaban J connectivity index is 1.72. The summed E-state index contributed by atoms with van der Waals surface area (Å²) >= 11 is 0. The lowest BCUT2D eigenvalue weighted by Gasteiger charge is -2.31. The first-order valence-electron chi connectivity index (χ1n) is 11.2. The van der Waals surface area contributed by atoms with Gasteiger partial charge in [0.1, 0.15) is 5.60 Å². The Labute approximate surface area is 190 Å². The lowest BCUT2D eigenvalue weighted by atomic mass is 9.96. The van der Waals surface area contributed by atoms with Gasteiger partial charge in [-0.15, -0.1) is 0 Å². The van der Waals surface area contributed by atoms with Crippen molar-refractivity contribution in [2.75, 3.05) is 45.9 Å². The smallest absolute Gasteiger partial charge is 0.232 e. The molecule has 2 unspecified atom stereocenters. The van der Waals surface area contributed by atoms with Crippen molar-refractivity contribution in [1.82, 2.24) is 15.5 Å². The van der Waals surface area contributed by atoms with Crippen LogP contribution < -0.4 is 10.6 Å². The zero-order valence-electron chi connectivity index (χ0n) is 19.0. The van der Waals surface area contributed by atoms with Crippen LogP contribution in [0.3, 0.4) is 0 Å². The molecule has 7 heteroatoms. The predicted molar refractivity (Wildman–Crippen MR) is 127 cm³/mol. The van der Waals surface area contributed by atoms with Crippen LogP contribution in [0, 0.1) is 0 Å². The first-order valence-corrected chi connectivity index (χ1v) is 11.2. The highest BCUT2D eigenvalue weighted by Crippen LogP contribution is 2.21. The minimum Gasteiger partial charge on any atom is -0.384 e. The molecule has 0 bridgehead atoms. The van der Waals surface area contributed by atoms with E-state index in [4.69, 9.17) is 4.74 Å². The molecule has 0 spiro atoms. The van der Waals surface area contributed by atoms with Crippen LogP contribution in [-0.2, 0) is 15.1 Å². The van der Waals surface area contributed by atoms with Crippen molar-refractivity contribution >= 4 is 11.9 Å².